The molecule has 0 aromatic carbocycles. The van der Waals surface area contributed by atoms with Crippen LogP contribution >= 0.6 is 0 Å². The molecule has 1 aliphatic carbocycles. The quantitative estimate of drug-likeness (QED) is 0.666. The van der Waals surface area contributed by atoms with Gasteiger partial charge in [-0.05, 0) is 64.3 Å². The van der Waals surface area contributed by atoms with Gasteiger partial charge in [0, 0.05) is 44.2 Å². The number of aromatic nitrogens is 4. The maximum absolute atomic E-state index is 13.9. The topological polar surface area (TPSA) is 71.3 Å². The van der Waals surface area contributed by atoms with E-state index in [0.29, 0.717) is 12.3 Å². The second-order valence-electron chi connectivity index (χ2n) is 10.3. The predicted octanol–water partition coefficient (Wildman–Crippen LogP) is 4.20. The third-order valence-corrected chi connectivity index (χ3v) is 7.80. The fourth-order valence-electron chi connectivity index (χ4n) is 5.58. The zero-order chi connectivity index (χ0) is 23.9. The summed E-state index contributed by atoms with van der Waals surface area (Å²) >= 11 is 0. The first kappa shape index (κ1) is 22.5. The van der Waals surface area contributed by atoms with E-state index in [2.05, 4.69) is 35.8 Å². The second-order valence-corrected chi connectivity index (χ2v) is 10.3. The van der Waals surface area contributed by atoms with E-state index < -0.39 is 0 Å². The van der Waals surface area contributed by atoms with Gasteiger partial charge in [-0.2, -0.15) is 0 Å². The summed E-state index contributed by atoms with van der Waals surface area (Å²) < 4.78 is 22.2. The molecule has 3 aliphatic heterocycles. The van der Waals surface area contributed by atoms with Gasteiger partial charge < -0.3 is 24.4 Å². The van der Waals surface area contributed by atoms with Crippen LogP contribution < -0.4 is 15.0 Å². The molecule has 2 saturated heterocycles. The lowest BCUT2D eigenvalue weighted by molar-refractivity contribution is 0.173. The van der Waals surface area contributed by atoms with Crippen molar-refractivity contribution in [1.29, 1.82) is 0 Å². The van der Waals surface area contributed by atoms with E-state index in [4.69, 9.17) is 9.72 Å². The minimum absolute atomic E-state index is 0.0870. The summed E-state index contributed by atoms with van der Waals surface area (Å²) in [5.74, 6) is 4.04. The van der Waals surface area contributed by atoms with Crippen molar-refractivity contribution in [3.05, 3.63) is 47.6 Å². The van der Waals surface area contributed by atoms with Crippen LogP contribution in [-0.4, -0.2) is 63.4 Å². The molecule has 0 saturated carbocycles. The molecule has 0 radical (unpaired) electrons. The van der Waals surface area contributed by atoms with E-state index in [1.807, 2.05) is 19.9 Å². The van der Waals surface area contributed by atoms with Crippen molar-refractivity contribution in [2.75, 3.05) is 42.9 Å². The van der Waals surface area contributed by atoms with Crippen LogP contribution in [0.1, 0.15) is 62.9 Å². The van der Waals surface area contributed by atoms with Crippen molar-refractivity contribution >= 4 is 11.6 Å². The molecule has 8 nitrogen and oxygen atoms in total. The van der Waals surface area contributed by atoms with Crippen LogP contribution in [0.15, 0.2) is 36.1 Å². The molecule has 4 aliphatic rings. The number of hydrogen-bond donors (Lipinski definition) is 1. The number of imidazole rings is 1. The van der Waals surface area contributed by atoms with Crippen LogP contribution in [0.2, 0.25) is 0 Å². The van der Waals surface area contributed by atoms with Crippen LogP contribution in [0.4, 0.5) is 16.0 Å². The van der Waals surface area contributed by atoms with Crippen molar-refractivity contribution in [3.63, 3.8) is 0 Å². The first-order valence-electron chi connectivity index (χ1n) is 12.9. The zero-order valence-electron chi connectivity index (χ0n) is 20.6. The summed E-state index contributed by atoms with van der Waals surface area (Å²) in [6, 6.07) is 0. The number of likely N-dealkylation sites (tertiary alicyclic amines) is 1. The minimum Gasteiger partial charge on any atom is -0.463 e. The molecule has 2 aromatic heterocycles. The van der Waals surface area contributed by atoms with Crippen molar-refractivity contribution in [1.82, 2.24) is 24.4 Å². The molecule has 2 atom stereocenters. The molecule has 2 unspecified atom stereocenters. The Morgan fingerprint density at radius 3 is 2.71 bits per heavy atom. The molecule has 186 valence electrons. The first-order valence-corrected chi connectivity index (χ1v) is 12.9. The van der Waals surface area contributed by atoms with E-state index in [9.17, 15) is 4.39 Å². The fraction of sp³-hybridized carbons (Fsp3) is 0.577. The number of hydrogen-bond acceptors (Lipinski definition) is 7. The van der Waals surface area contributed by atoms with Crippen molar-refractivity contribution < 1.29 is 9.13 Å². The molecule has 6 rings (SSSR count). The maximum atomic E-state index is 13.9. The van der Waals surface area contributed by atoms with E-state index in [1.54, 1.807) is 12.4 Å². The molecular formula is C26H34FN7O. The van der Waals surface area contributed by atoms with Gasteiger partial charge in [-0.15, -0.1) is 0 Å². The normalized spacial score (nSPS) is 24.8. The van der Waals surface area contributed by atoms with Crippen LogP contribution in [-0.2, 0) is 6.54 Å². The highest BCUT2D eigenvalue weighted by Crippen LogP contribution is 2.40. The lowest BCUT2D eigenvalue weighted by atomic mass is 9.92. The van der Waals surface area contributed by atoms with Crippen LogP contribution in [0.5, 0.6) is 5.75 Å². The van der Waals surface area contributed by atoms with Gasteiger partial charge in [-0.3, -0.25) is 0 Å². The minimum atomic E-state index is -0.101. The average Bonchev–Trinajstić information content (AvgIpc) is 3.43. The number of allylic oxidation sites excluding steroid dienone is 4. The van der Waals surface area contributed by atoms with E-state index >= 15 is 0 Å². The van der Waals surface area contributed by atoms with E-state index in [1.165, 1.54) is 25.3 Å². The Hall–Kier alpha value is -2.94. The lowest BCUT2D eigenvalue weighted by Gasteiger charge is -2.34. The molecule has 1 N–H and O–H groups in total. The van der Waals surface area contributed by atoms with Gasteiger partial charge in [0.1, 0.15) is 18.0 Å². The van der Waals surface area contributed by atoms with Gasteiger partial charge in [0.25, 0.3) is 0 Å². The number of anilines is 2. The van der Waals surface area contributed by atoms with Crippen molar-refractivity contribution in [2.45, 2.75) is 64.1 Å². The molecule has 0 spiro atoms. The van der Waals surface area contributed by atoms with Crippen molar-refractivity contribution in [3.8, 4) is 5.75 Å². The largest absolute Gasteiger partial charge is 0.463 e. The van der Waals surface area contributed by atoms with Gasteiger partial charge in [0.05, 0.1) is 5.69 Å². The van der Waals surface area contributed by atoms with Crippen LogP contribution in [0, 0.1) is 0 Å². The molecule has 9 heteroatoms. The average molecular weight is 480 g/mol. The second kappa shape index (κ2) is 9.26. The number of ether oxygens (including phenoxy) is 1. The van der Waals surface area contributed by atoms with Crippen LogP contribution in [0.3, 0.4) is 0 Å². The number of nitrogens with zero attached hydrogens (tertiary/aromatic N) is 6. The number of fused-ring (bicyclic) bond motifs is 1. The van der Waals surface area contributed by atoms with E-state index in [-0.39, 0.29) is 18.0 Å². The van der Waals surface area contributed by atoms with Gasteiger partial charge in [-0.25, -0.2) is 19.3 Å². The summed E-state index contributed by atoms with van der Waals surface area (Å²) in [6.07, 6.45) is 11.4. The summed E-state index contributed by atoms with van der Waals surface area (Å²) in [5, 5.41) is 3.24. The van der Waals surface area contributed by atoms with Gasteiger partial charge in [0.15, 0.2) is 17.9 Å². The monoisotopic (exact) mass is 479 g/mol. The lowest BCUT2D eigenvalue weighted by Crippen LogP contribution is -2.39. The molecule has 35 heavy (non-hydrogen) atoms. The predicted molar refractivity (Wildman–Crippen MR) is 134 cm³/mol. The highest BCUT2D eigenvalue weighted by molar-refractivity contribution is 5.67. The maximum Gasteiger partial charge on any atom is 0.207 e. The third kappa shape index (κ3) is 4.42. The third-order valence-electron chi connectivity index (χ3n) is 7.80. The number of rotatable bonds is 6. The molecule has 2 fully saturated rings. The van der Waals surface area contributed by atoms with Crippen molar-refractivity contribution in [2.24, 2.45) is 0 Å². The summed E-state index contributed by atoms with van der Waals surface area (Å²) in [4.78, 5) is 18.9. The molecule has 5 heterocycles. The number of piperidine rings is 1. The highest BCUT2D eigenvalue weighted by Gasteiger charge is 2.31. The Morgan fingerprint density at radius 1 is 1.14 bits per heavy atom. The standard InChI is InChI=1S/C26H34FN7O/c1-17-14-20(4-5-21(17)27)22-15-34(13-12-32-8-3-9-32)25(31-22)19-6-10-33(11-7-19)26-23-24(28-16-29-26)30-18(2)35-23/h4-5,15-16,18-20H,3,6-14H2,1-2H3,(H,28,29,30). The summed E-state index contributed by atoms with van der Waals surface area (Å²) in [7, 11) is 0. The smallest absolute Gasteiger partial charge is 0.207 e. The summed E-state index contributed by atoms with van der Waals surface area (Å²) in [6.45, 7) is 10.1. The first-order chi connectivity index (χ1) is 17.0. The van der Waals surface area contributed by atoms with Gasteiger partial charge >= 0.3 is 0 Å². The molecule has 0 bridgehead atoms. The summed E-state index contributed by atoms with van der Waals surface area (Å²) in [5.41, 5.74) is 1.88. The Labute approximate surface area is 205 Å². The Morgan fingerprint density at radius 2 is 1.97 bits per heavy atom. The number of halogens is 1. The Bertz CT molecular complexity index is 1150. The van der Waals surface area contributed by atoms with Gasteiger partial charge in [-0.1, -0.05) is 6.08 Å². The van der Waals surface area contributed by atoms with Crippen LogP contribution in [0.25, 0.3) is 0 Å². The molecule has 0 amide bonds. The number of nitrogens with one attached hydrogen (secondary N) is 1. The highest BCUT2D eigenvalue weighted by atomic mass is 19.1. The Kier molecular flexibility index (Phi) is 5.96. The molecule has 2 aromatic rings. The zero-order valence-corrected chi connectivity index (χ0v) is 20.6. The SMILES string of the molecule is CC1=C(F)C=CC(c2cn(CCN3CCC3)c(C3CCN(c4ncnc5c4OC(C)N5)CC3)n2)C1. The van der Waals surface area contributed by atoms with Gasteiger partial charge in [0.2, 0.25) is 5.75 Å². The van der Waals surface area contributed by atoms with E-state index in [0.717, 1.165) is 67.7 Å². The Balaban J connectivity index is 1.19. The fourth-order valence-corrected chi connectivity index (χ4v) is 5.58. The molecular weight excluding hydrogens is 445 g/mol.